The van der Waals surface area contributed by atoms with Gasteiger partial charge >= 0.3 is 5.69 Å². The van der Waals surface area contributed by atoms with Crippen LogP contribution in [0.1, 0.15) is 11.8 Å². The standard InChI is InChI=1S/C14H13N3O2S2/c1-9(7-10-3-2-6-20-10)16-11-4-5-12-13(15-8-21-12)14(11)17(18)19/h2-6,8-9,16H,7H2,1H3. The van der Waals surface area contributed by atoms with Crippen molar-refractivity contribution >= 4 is 44.3 Å². The highest BCUT2D eigenvalue weighted by Gasteiger charge is 2.21. The van der Waals surface area contributed by atoms with Crippen LogP contribution >= 0.6 is 22.7 Å². The van der Waals surface area contributed by atoms with Crippen LogP contribution in [0.15, 0.2) is 35.2 Å². The molecule has 0 aliphatic rings. The van der Waals surface area contributed by atoms with E-state index < -0.39 is 0 Å². The van der Waals surface area contributed by atoms with E-state index in [1.54, 1.807) is 22.9 Å². The Balaban J connectivity index is 1.89. The van der Waals surface area contributed by atoms with Gasteiger partial charge in [0.15, 0.2) is 5.52 Å². The first-order valence-corrected chi connectivity index (χ1v) is 8.20. The third-order valence-electron chi connectivity index (χ3n) is 3.15. The number of hydrogen-bond donors (Lipinski definition) is 1. The molecule has 108 valence electrons. The molecule has 0 fully saturated rings. The summed E-state index contributed by atoms with van der Waals surface area (Å²) in [6.45, 7) is 2.02. The van der Waals surface area contributed by atoms with E-state index in [9.17, 15) is 10.1 Å². The number of hydrogen-bond acceptors (Lipinski definition) is 6. The third kappa shape index (κ3) is 2.88. The first-order valence-electron chi connectivity index (χ1n) is 6.44. The lowest BCUT2D eigenvalue weighted by Crippen LogP contribution is -2.18. The van der Waals surface area contributed by atoms with Gasteiger partial charge in [-0.1, -0.05) is 6.07 Å². The summed E-state index contributed by atoms with van der Waals surface area (Å²) in [6.07, 6.45) is 0.837. The van der Waals surface area contributed by atoms with Crippen LogP contribution in [0.2, 0.25) is 0 Å². The number of aromatic nitrogens is 1. The predicted molar refractivity (Wildman–Crippen MR) is 87.4 cm³/mol. The zero-order valence-corrected chi connectivity index (χ0v) is 12.9. The maximum absolute atomic E-state index is 11.4. The SMILES string of the molecule is CC(Cc1cccs1)Nc1ccc2scnc2c1[N+](=O)[O-]. The number of nitro groups is 1. The summed E-state index contributed by atoms with van der Waals surface area (Å²) < 4.78 is 0.832. The Morgan fingerprint density at radius 2 is 2.24 bits per heavy atom. The van der Waals surface area contributed by atoms with Crippen molar-refractivity contribution < 1.29 is 4.92 Å². The summed E-state index contributed by atoms with van der Waals surface area (Å²) >= 11 is 3.10. The first-order chi connectivity index (χ1) is 10.1. The van der Waals surface area contributed by atoms with Crippen LogP contribution in [-0.2, 0) is 6.42 Å². The molecular formula is C14H13N3O2S2. The summed E-state index contributed by atoms with van der Waals surface area (Å²) in [5.74, 6) is 0. The Bertz CT molecular complexity index is 768. The lowest BCUT2D eigenvalue weighted by atomic mass is 10.1. The molecule has 2 heterocycles. The van der Waals surface area contributed by atoms with Gasteiger partial charge in [0.1, 0.15) is 5.69 Å². The number of nitrogens with zero attached hydrogens (tertiary/aromatic N) is 2. The van der Waals surface area contributed by atoms with E-state index in [-0.39, 0.29) is 16.7 Å². The number of nitrogens with one attached hydrogen (secondary N) is 1. The van der Waals surface area contributed by atoms with Gasteiger partial charge < -0.3 is 5.32 Å². The zero-order chi connectivity index (χ0) is 14.8. The molecule has 1 atom stereocenters. The Morgan fingerprint density at radius 1 is 1.38 bits per heavy atom. The number of fused-ring (bicyclic) bond motifs is 1. The second-order valence-corrected chi connectivity index (χ2v) is 6.67. The van der Waals surface area contributed by atoms with Gasteiger partial charge in [0, 0.05) is 17.3 Å². The number of thiophene rings is 1. The van der Waals surface area contributed by atoms with Crippen molar-refractivity contribution in [3.05, 3.63) is 50.1 Å². The lowest BCUT2D eigenvalue weighted by Gasteiger charge is -2.14. The van der Waals surface area contributed by atoms with Crippen LogP contribution in [0.5, 0.6) is 0 Å². The molecule has 0 aliphatic carbocycles. The molecular weight excluding hydrogens is 306 g/mol. The maximum Gasteiger partial charge on any atom is 0.319 e. The molecule has 21 heavy (non-hydrogen) atoms. The topological polar surface area (TPSA) is 68.1 Å². The lowest BCUT2D eigenvalue weighted by molar-refractivity contribution is -0.382. The van der Waals surface area contributed by atoms with Gasteiger partial charge in [0.2, 0.25) is 0 Å². The van der Waals surface area contributed by atoms with Gasteiger partial charge in [-0.2, -0.15) is 0 Å². The Morgan fingerprint density at radius 3 is 2.95 bits per heavy atom. The van der Waals surface area contributed by atoms with Crippen LogP contribution in [-0.4, -0.2) is 15.9 Å². The molecule has 0 radical (unpaired) electrons. The van der Waals surface area contributed by atoms with E-state index >= 15 is 0 Å². The van der Waals surface area contributed by atoms with E-state index in [1.807, 2.05) is 24.4 Å². The summed E-state index contributed by atoms with van der Waals surface area (Å²) in [5, 5.41) is 16.6. The summed E-state index contributed by atoms with van der Waals surface area (Å²) in [7, 11) is 0. The fraction of sp³-hybridized carbons (Fsp3) is 0.214. The summed E-state index contributed by atoms with van der Waals surface area (Å²) in [4.78, 5) is 16.4. The normalized spacial score (nSPS) is 12.4. The molecule has 0 saturated heterocycles. The fourth-order valence-electron chi connectivity index (χ4n) is 2.27. The molecule has 1 aromatic carbocycles. The number of rotatable bonds is 5. The highest BCUT2D eigenvalue weighted by atomic mass is 32.1. The molecule has 0 saturated carbocycles. The van der Waals surface area contributed by atoms with Crippen LogP contribution in [0.3, 0.4) is 0 Å². The van der Waals surface area contributed by atoms with E-state index in [0.717, 1.165) is 11.1 Å². The molecule has 0 amide bonds. The molecule has 3 aromatic rings. The molecule has 3 rings (SSSR count). The molecule has 5 nitrogen and oxygen atoms in total. The molecule has 1 unspecified atom stereocenters. The van der Waals surface area contributed by atoms with Crippen LogP contribution in [0, 0.1) is 10.1 Å². The molecule has 1 N–H and O–H groups in total. The van der Waals surface area contributed by atoms with E-state index in [4.69, 9.17) is 0 Å². The van der Waals surface area contributed by atoms with Gasteiger partial charge in [0.25, 0.3) is 0 Å². The van der Waals surface area contributed by atoms with Crippen molar-refractivity contribution in [1.29, 1.82) is 0 Å². The molecule has 7 heteroatoms. The fourth-order valence-corrected chi connectivity index (χ4v) is 3.78. The second-order valence-electron chi connectivity index (χ2n) is 4.75. The first kappa shape index (κ1) is 14.0. The van der Waals surface area contributed by atoms with Gasteiger partial charge in [0.05, 0.1) is 15.1 Å². The van der Waals surface area contributed by atoms with Crippen molar-refractivity contribution in [2.75, 3.05) is 5.32 Å². The van der Waals surface area contributed by atoms with Crippen molar-refractivity contribution in [3.8, 4) is 0 Å². The number of benzene rings is 1. The smallest absolute Gasteiger partial charge is 0.319 e. The average Bonchev–Trinajstić information content (AvgIpc) is 3.08. The van der Waals surface area contributed by atoms with Crippen molar-refractivity contribution in [2.24, 2.45) is 0 Å². The number of nitro benzene ring substituents is 1. The van der Waals surface area contributed by atoms with Gasteiger partial charge in [-0.25, -0.2) is 4.98 Å². The summed E-state index contributed by atoms with van der Waals surface area (Å²) in [5.41, 5.74) is 2.68. The van der Waals surface area contributed by atoms with Gasteiger partial charge in [-0.3, -0.25) is 10.1 Å². The van der Waals surface area contributed by atoms with Crippen molar-refractivity contribution in [3.63, 3.8) is 0 Å². The van der Waals surface area contributed by atoms with Crippen molar-refractivity contribution in [1.82, 2.24) is 4.98 Å². The minimum atomic E-state index is -0.359. The highest BCUT2D eigenvalue weighted by molar-refractivity contribution is 7.16. The van der Waals surface area contributed by atoms with E-state index in [2.05, 4.69) is 16.4 Å². The Kier molecular flexibility index (Phi) is 3.85. The molecule has 0 aliphatic heterocycles. The monoisotopic (exact) mass is 319 g/mol. The van der Waals surface area contributed by atoms with E-state index in [1.165, 1.54) is 16.2 Å². The largest absolute Gasteiger partial charge is 0.377 e. The maximum atomic E-state index is 11.4. The third-order valence-corrected chi connectivity index (χ3v) is 4.84. The quantitative estimate of drug-likeness (QED) is 0.562. The Hall–Kier alpha value is -1.99. The Labute approximate surface area is 129 Å². The second kappa shape index (κ2) is 5.79. The predicted octanol–water partition coefficient (Wildman–Crippen LogP) is 4.31. The minimum absolute atomic E-state index is 0.0618. The molecule has 0 bridgehead atoms. The number of anilines is 1. The van der Waals surface area contributed by atoms with Crippen LogP contribution < -0.4 is 5.32 Å². The zero-order valence-electron chi connectivity index (χ0n) is 11.3. The highest BCUT2D eigenvalue weighted by Crippen LogP contribution is 2.34. The van der Waals surface area contributed by atoms with Crippen LogP contribution in [0.4, 0.5) is 11.4 Å². The minimum Gasteiger partial charge on any atom is -0.377 e. The van der Waals surface area contributed by atoms with E-state index in [0.29, 0.717) is 11.2 Å². The number of thiazole rings is 1. The summed E-state index contributed by atoms with van der Waals surface area (Å²) in [6, 6.07) is 7.83. The van der Waals surface area contributed by atoms with Gasteiger partial charge in [-0.15, -0.1) is 22.7 Å². The molecule has 2 aromatic heterocycles. The van der Waals surface area contributed by atoms with Crippen LogP contribution in [0.25, 0.3) is 10.2 Å². The van der Waals surface area contributed by atoms with Gasteiger partial charge in [-0.05, 0) is 30.5 Å². The van der Waals surface area contributed by atoms with Crippen molar-refractivity contribution in [2.45, 2.75) is 19.4 Å². The average molecular weight is 319 g/mol. The molecule has 0 spiro atoms.